The summed E-state index contributed by atoms with van der Waals surface area (Å²) in [6, 6.07) is 3.62. The molecule has 1 aromatic rings. The van der Waals surface area contributed by atoms with E-state index in [1.54, 1.807) is 26.2 Å². The molecule has 1 fully saturated rings. The number of carbonyl (C=O) groups excluding carboxylic acids is 3. The number of phenols is 1. The molecule has 1 aromatic carbocycles. The molecule has 9 nitrogen and oxygen atoms in total. The number of aromatic hydroxyl groups is 1. The standard InChI is InChI=1S/C21H22N2O7/c1-23(2)15-10-7-9-6-8-4-3-5-11(24)12(8)16(25)13(9)18(27)21(10,30)19(28)14(17(15)26)20(22)29/h3-5,9-10,15,24-25,28,30H,6-7H2,1-2H3,(H2,22,29)/t9-,10+,15+,21-/m0/s1. The smallest absolute Gasteiger partial charge is 0.255 e. The lowest BCUT2D eigenvalue weighted by Crippen LogP contribution is -2.65. The molecule has 4 rings (SSSR count). The Morgan fingerprint density at radius 2 is 1.87 bits per heavy atom. The number of carbonyl (C=O) groups is 3. The van der Waals surface area contributed by atoms with E-state index in [1.165, 1.54) is 11.0 Å². The van der Waals surface area contributed by atoms with Gasteiger partial charge in [0.15, 0.2) is 11.4 Å². The van der Waals surface area contributed by atoms with Crippen LogP contribution in [0.3, 0.4) is 0 Å². The Balaban J connectivity index is 1.98. The third-order valence-corrected chi connectivity index (χ3v) is 6.46. The number of rotatable bonds is 2. The summed E-state index contributed by atoms with van der Waals surface area (Å²) in [4.78, 5) is 39.7. The second-order valence-electron chi connectivity index (χ2n) is 8.27. The van der Waals surface area contributed by atoms with E-state index in [0.29, 0.717) is 12.0 Å². The highest BCUT2D eigenvalue weighted by Gasteiger charge is 2.64. The lowest BCUT2D eigenvalue weighted by molar-refractivity contribution is -0.153. The topological polar surface area (TPSA) is 161 Å². The van der Waals surface area contributed by atoms with Crippen molar-refractivity contribution in [1.29, 1.82) is 0 Å². The van der Waals surface area contributed by atoms with Crippen LogP contribution in [0, 0.1) is 11.8 Å². The first-order valence-electron chi connectivity index (χ1n) is 9.47. The minimum Gasteiger partial charge on any atom is -0.508 e. The number of aliphatic hydroxyl groups is 3. The average molecular weight is 414 g/mol. The largest absolute Gasteiger partial charge is 0.508 e. The van der Waals surface area contributed by atoms with Crippen LogP contribution in [0.5, 0.6) is 5.75 Å². The Hall–Kier alpha value is -3.17. The van der Waals surface area contributed by atoms with Gasteiger partial charge in [-0.2, -0.15) is 0 Å². The quantitative estimate of drug-likeness (QED) is 0.421. The van der Waals surface area contributed by atoms with E-state index in [1.807, 2.05) is 0 Å². The van der Waals surface area contributed by atoms with Crippen molar-refractivity contribution in [2.75, 3.05) is 14.1 Å². The van der Waals surface area contributed by atoms with Gasteiger partial charge in [-0.15, -0.1) is 0 Å². The van der Waals surface area contributed by atoms with Crippen molar-refractivity contribution in [2.24, 2.45) is 17.6 Å². The van der Waals surface area contributed by atoms with Crippen LogP contribution in [-0.4, -0.2) is 68.5 Å². The van der Waals surface area contributed by atoms with Crippen molar-refractivity contribution in [3.8, 4) is 5.75 Å². The Labute approximate surface area is 171 Å². The van der Waals surface area contributed by atoms with Crippen molar-refractivity contribution < 1.29 is 34.8 Å². The lowest BCUT2D eigenvalue weighted by Gasteiger charge is -2.50. The molecule has 0 aromatic heterocycles. The number of fused-ring (bicyclic) bond motifs is 3. The Bertz CT molecular complexity index is 1070. The summed E-state index contributed by atoms with van der Waals surface area (Å²) in [6.45, 7) is 0. The van der Waals surface area contributed by atoms with Gasteiger partial charge in [0.2, 0.25) is 5.78 Å². The van der Waals surface area contributed by atoms with Crippen molar-refractivity contribution in [3.63, 3.8) is 0 Å². The number of hydrogen-bond donors (Lipinski definition) is 5. The van der Waals surface area contributed by atoms with Gasteiger partial charge in [0.05, 0.1) is 11.6 Å². The van der Waals surface area contributed by atoms with Gasteiger partial charge in [0.25, 0.3) is 5.91 Å². The molecule has 0 saturated heterocycles. The molecule has 0 heterocycles. The molecule has 4 atom stereocenters. The Kier molecular flexibility index (Phi) is 4.30. The fourth-order valence-electron chi connectivity index (χ4n) is 5.18. The van der Waals surface area contributed by atoms with Crippen LogP contribution in [0.15, 0.2) is 35.1 Å². The van der Waals surface area contributed by atoms with Gasteiger partial charge >= 0.3 is 0 Å². The summed E-state index contributed by atoms with van der Waals surface area (Å²) >= 11 is 0. The van der Waals surface area contributed by atoms with E-state index in [0.717, 1.165) is 0 Å². The zero-order valence-electron chi connectivity index (χ0n) is 16.4. The van der Waals surface area contributed by atoms with E-state index in [2.05, 4.69) is 0 Å². The third kappa shape index (κ3) is 2.39. The molecule has 0 unspecified atom stereocenters. The number of Topliss-reactive ketones (excluding diaryl/α,β-unsaturated/α-hetero) is 2. The van der Waals surface area contributed by atoms with Gasteiger partial charge in [-0.25, -0.2) is 0 Å². The number of ketones is 2. The number of aliphatic hydroxyl groups excluding tert-OH is 2. The summed E-state index contributed by atoms with van der Waals surface area (Å²) in [6.07, 6.45) is 0.379. The number of benzene rings is 1. The summed E-state index contributed by atoms with van der Waals surface area (Å²) in [5, 5.41) is 43.1. The van der Waals surface area contributed by atoms with E-state index in [9.17, 15) is 34.8 Å². The number of nitrogens with zero attached hydrogens (tertiary/aromatic N) is 1. The SMILES string of the molecule is CN(C)[C@H]1C(=O)C(C(N)=O)=C(O)[C@@]2(O)C(=O)C3=C(O)c4c(O)cccc4C[C@H]3C[C@H]12. The fraction of sp³-hybridized carbons (Fsp3) is 0.381. The summed E-state index contributed by atoms with van der Waals surface area (Å²) in [7, 11) is 3.12. The number of phenolic OH excluding ortho intramolecular Hbond substituents is 1. The predicted molar refractivity (Wildman–Crippen MR) is 104 cm³/mol. The van der Waals surface area contributed by atoms with Gasteiger partial charge in [0.1, 0.15) is 22.8 Å². The van der Waals surface area contributed by atoms with E-state index >= 15 is 0 Å². The van der Waals surface area contributed by atoms with Crippen LogP contribution in [0.1, 0.15) is 17.5 Å². The van der Waals surface area contributed by atoms with Crippen molar-refractivity contribution >= 4 is 23.2 Å². The van der Waals surface area contributed by atoms with Crippen molar-refractivity contribution in [2.45, 2.75) is 24.5 Å². The molecule has 0 radical (unpaired) electrons. The zero-order valence-corrected chi connectivity index (χ0v) is 16.4. The molecule has 3 aliphatic rings. The van der Waals surface area contributed by atoms with Crippen LogP contribution >= 0.6 is 0 Å². The van der Waals surface area contributed by atoms with Crippen LogP contribution in [0.2, 0.25) is 0 Å². The molecule has 1 amide bonds. The van der Waals surface area contributed by atoms with Crippen LogP contribution in [0.25, 0.3) is 5.76 Å². The number of likely N-dealkylation sites (N-methyl/N-ethyl adjacent to an activating group) is 1. The maximum atomic E-state index is 13.5. The number of nitrogens with two attached hydrogens (primary N) is 1. The maximum absolute atomic E-state index is 13.5. The number of primary amides is 1. The highest BCUT2D eigenvalue weighted by atomic mass is 16.3. The van der Waals surface area contributed by atoms with E-state index < -0.39 is 58.0 Å². The first-order valence-corrected chi connectivity index (χ1v) is 9.47. The Morgan fingerprint density at radius 1 is 1.20 bits per heavy atom. The van der Waals surface area contributed by atoms with Gasteiger partial charge in [0, 0.05) is 11.5 Å². The molecule has 6 N–H and O–H groups in total. The second kappa shape index (κ2) is 6.41. The van der Waals surface area contributed by atoms with Crippen LogP contribution < -0.4 is 5.73 Å². The first-order chi connectivity index (χ1) is 14.0. The van der Waals surface area contributed by atoms with Crippen LogP contribution in [-0.2, 0) is 20.8 Å². The van der Waals surface area contributed by atoms with Crippen molar-refractivity contribution in [1.82, 2.24) is 4.90 Å². The third-order valence-electron chi connectivity index (χ3n) is 6.46. The maximum Gasteiger partial charge on any atom is 0.255 e. The zero-order chi connectivity index (χ0) is 22.1. The van der Waals surface area contributed by atoms with Gasteiger partial charge in [-0.1, -0.05) is 12.1 Å². The highest BCUT2D eigenvalue weighted by molar-refractivity contribution is 6.24. The van der Waals surface area contributed by atoms with Gasteiger partial charge in [-0.3, -0.25) is 19.3 Å². The molecule has 1 saturated carbocycles. The summed E-state index contributed by atoms with van der Waals surface area (Å²) < 4.78 is 0. The normalized spacial score (nSPS) is 30.9. The molecule has 158 valence electrons. The van der Waals surface area contributed by atoms with E-state index in [-0.39, 0.29) is 23.3 Å². The second-order valence-corrected chi connectivity index (χ2v) is 8.27. The van der Waals surface area contributed by atoms with Crippen LogP contribution in [0.4, 0.5) is 0 Å². The number of amides is 1. The molecular formula is C21H22N2O7. The minimum absolute atomic E-state index is 0.0847. The predicted octanol–water partition coefficient (Wildman–Crippen LogP) is -0.0360. The monoisotopic (exact) mass is 414 g/mol. The number of hydrogen-bond acceptors (Lipinski definition) is 8. The minimum atomic E-state index is -2.60. The first kappa shape index (κ1) is 20.1. The Morgan fingerprint density at radius 3 is 2.47 bits per heavy atom. The summed E-state index contributed by atoms with van der Waals surface area (Å²) in [5.74, 6) is -6.43. The van der Waals surface area contributed by atoms with Crippen molar-refractivity contribution in [3.05, 3.63) is 46.2 Å². The molecule has 0 aliphatic heterocycles. The molecule has 3 aliphatic carbocycles. The molecule has 0 bridgehead atoms. The molecule has 30 heavy (non-hydrogen) atoms. The molecular weight excluding hydrogens is 392 g/mol. The average Bonchev–Trinajstić information content (AvgIpc) is 2.64. The highest BCUT2D eigenvalue weighted by Crippen LogP contribution is 2.52. The summed E-state index contributed by atoms with van der Waals surface area (Å²) in [5.41, 5.74) is 2.41. The molecule has 0 spiro atoms. The van der Waals surface area contributed by atoms with Gasteiger partial charge in [-0.05, 0) is 44.5 Å². The lowest BCUT2D eigenvalue weighted by atomic mass is 9.57. The van der Waals surface area contributed by atoms with Gasteiger partial charge < -0.3 is 26.2 Å². The fourth-order valence-corrected chi connectivity index (χ4v) is 5.18. The molecule has 9 heteroatoms. The van der Waals surface area contributed by atoms with E-state index in [4.69, 9.17) is 5.73 Å².